The third-order valence-electron chi connectivity index (χ3n) is 2.99. The first-order valence-electron chi connectivity index (χ1n) is 5.12. The Bertz CT molecular complexity index is 435. The van der Waals surface area contributed by atoms with Crippen molar-refractivity contribution >= 4 is 5.97 Å². The Morgan fingerprint density at radius 3 is 2.41 bits per heavy atom. The monoisotopic (exact) mass is 243 g/mol. The molecule has 0 amide bonds. The zero-order valence-electron chi connectivity index (χ0n) is 10.00. The van der Waals surface area contributed by atoms with Gasteiger partial charge in [-0.05, 0) is 27.1 Å². The smallest absolute Gasteiger partial charge is 0.305 e. The Labute approximate surface area is 98.7 Å². The van der Waals surface area contributed by atoms with E-state index in [1.165, 1.54) is 6.07 Å². The lowest BCUT2D eigenvalue weighted by Gasteiger charge is -2.36. The topological polar surface area (TPSA) is 40.5 Å². The van der Waals surface area contributed by atoms with E-state index < -0.39 is 23.1 Å². The summed E-state index contributed by atoms with van der Waals surface area (Å²) in [5.74, 6) is -2.45. The quantitative estimate of drug-likeness (QED) is 0.881. The van der Waals surface area contributed by atoms with E-state index in [9.17, 15) is 13.6 Å². The maximum Gasteiger partial charge on any atom is 0.305 e. The molecule has 0 spiro atoms. The van der Waals surface area contributed by atoms with Crippen LogP contribution in [0.25, 0.3) is 0 Å². The Balaban J connectivity index is 3.27. The molecule has 0 heterocycles. The van der Waals surface area contributed by atoms with Crippen LogP contribution in [0.1, 0.15) is 18.9 Å². The Hall–Kier alpha value is -1.49. The molecule has 0 bridgehead atoms. The molecule has 1 rings (SSSR count). The summed E-state index contributed by atoms with van der Waals surface area (Å²) in [4.78, 5) is 12.5. The van der Waals surface area contributed by atoms with Crippen molar-refractivity contribution in [2.75, 3.05) is 14.1 Å². The number of hydrogen-bond donors (Lipinski definition) is 1. The van der Waals surface area contributed by atoms with Gasteiger partial charge in [0.1, 0.15) is 11.6 Å². The largest absolute Gasteiger partial charge is 0.481 e. The van der Waals surface area contributed by atoms with E-state index in [0.717, 1.165) is 12.1 Å². The summed E-state index contributed by atoms with van der Waals surface area (Å²) in [6.07, 6.45) is -0.261. The lowest BCUT2D eigenvalue weighted by atomic mass is 9.87. The molecular formula is C12H15F2NO2. The van der Waals surface area contributed by atoms with E-state index in [1.807, 2.05) is 0 Å². The number of carboxylic acid groups (broad SMARTS) is 1. The Morgan fingerprint density at radius 1 is 1.41 bits per heavy atom. The van der Waals surface area contributed by atoms with Crippen molar-refractivity contribution in [3.05, 3.63) is 35.4 Å². The minimum Gasteiger partial charge on any atom is -0.481 e. The number of nitrogens with zero attached hydrogens (tertiary/aromatic N) is 1. The lowest BCUT2D eigenvalue weighted by Crippen LogP contribution is -2.41. The number of hydrogen-bond acceptors (Lipinski definition) is 2. The van der Waals surface area contributed by atoms with Crippen LogP contribution >= 0.6 is 0 Å². The summed E-state index contributed by atoms with van der Waals surface area (Å²) in [5.41, 5.74) is -0.838. The number of benzene rings is 1. The van der Waals surface area contributed by atoms with E-state index in [4.69, 9.17) is 5.11 Å². The van der Waals surface area contributed by atoms with Crippen molar-refractivity contribution < 1.29 is 18.7 Å². The number of carboxylic acids is 1. The average molecular weight is 243 g/mol. The molecule has 0 aliphatic heterocycles. The van der Waals surface area contributed by atoms with Crippen LogP contribution in [0.3, 0.4) is 0 Å². The molecule has 1 N–H and O–H groups in total. The fourth-order valence-electron chi connectivity index (χ4n) is 1.71. The van der Waals surface area contributed by atoms with Gasteiger partial charge in [0, 0.05) is 11.6 Å². The van der Waals surface area contributed by atoms with Gasteiger partial charge in [-0.25, -0.2) is 8.78 Å². The van der Waals surface area contributed by atoms with E-state index in [-0.39, 0.29) is 12.0 Å². The van der Waals surface area contributed by atoms with Crippen molar-refractivity contribution in [2.45, 2.75) is 18.9 Å². The highest BCUT2D eigenvalue weighted by molar-refractivity contribution is 5.68. The van der Waals surface area contributed by atoms with Gasteiger partial charge in [-0.1, -0.05) is 6.07 Å². The molecule has 0 saturated carbocycles. The zero-order valence-corrected chi connectivity index (χ0v) is 10.00. The van der Waals surface area contributed by atoms with E-state index in [2.05, 4.69) is 0 Å². The van der Waals surface area contributed by atoms with E-state index in [1.54, 1.807) is 25.9 Å². The molecule has 1 aromatic carbocycles. The van der Waals surface area contributed by atoms with Crippen LogP contribution in [0.5, 0.6) is 0 Å². The molecule has 0 aliphatic carbocycles. The first-order valence-corrected chi connectivity index (χ1v) is 5.12. The second kappa shape index (κ2) is 4.79. The third kappa shape index (κ3) is 2.79. The van der Waals surface area contributed by atoms with Gasteiger partial charge in [0.2, 0.25) is 0 Å². The molecule has 0 aromatic heterocycles. The van der Waals surface area contributed by atoms with Crippen molar-refractivity contribution in [3.8, 4) is 0 Å². The maximum absolute atomic E-state index is 13.7. The van der Waals surface area contributed by atoms with Crippen LogP contribution < -0.4 is 0 Å². The number of rotatable bonds is 4. The van der Waals surface area contributed by atoms with Crippen molar-refractivity contribution in [2.24, 2.45) is 0 Å². The van der Waals surface area contributed by atoms with Crippen molar-refractivity contribution in [3.63, 3.8) is 0 Å². The van der Waals surface area contributed by atoms with E-state index >= 15 is 0 Å². The number of halogens is 2. The average Bonchev–Trinajstić information content (AvgIpc) is 2.15. The highest BCUT2D eigenvalue weighted by Gasteiger charge is 2.34. The molecule has 17 heavy (non-hydrogen) atoms. The SMILES string of the molecule is CN(C)C(C)(CC(=O)O)c1ccc(F)cc1F. The molecular weight excluding hydrogens is 228 g/mol. The minimum atomic E-state index is -1.04. The van der Waals surface area contributed by atoms with E-state index in [0.29, 0.717) is 0 Å². The summed E-state index contributed by atoms with van der Waals surface area (Å²) >= 11 is 0. The van der Waals surface area contributed by atoms with Gasteiger partial charge in [0.15, 0.2) is 0 Å². The van der Waals surface area contributed by atoms with Gasteiger partial charge in [-0.3, -0.25) is 9.69 Å². The van der Waals surface area contributed by atoms with Crippen LogP contribution in [-0.2, 0) is 10.3 Å². The van der Waals surface area contributed by atoms with Gasteiger partial charge >= 0.3 is 5.97 Å². The molecule has 5 heteroatoms. The normalized spacial score (nSPS) is 14.7. The molecule has 1 aromatic rings. The summed E-state index contributed by atoms with van der Waals surface area (Å²) in [7, 11) is 3.32. The fraction of sp³-hybridized carbons (Fsp3) is 0.417. The molecule has 3 nitrogen and oxygen atoms in total. The second-order valence-electron chi connectivity index (χ2n) is 4.36. The lowest BCUT2D eigenvalue weighted by molar-refractivity contribution is -0.140. The second-order valence-corrected chi connectivity index (χ2v) is 4.36. The van der Waals surface area contributed by atoms with Crippen LogP contribution in [0.15, 0.2) is 18.2 Å². The Morgan fingerprint density at radius 2 is 2.00 bits per heavy atom. The van der Waals surface area contributed by atoms with Gasteiger partial charge < -0.3 is 5.11 Å². The molecule has 0 fully saturated rings. The van der Waals surface area contributed by atoms with Gasteiger partial charge in [-0.2, -0.15) is 0 Å². The summed E-state index contributed by atoms with van der Waals surface area (Å²) in [6.45, 7) is 1.61. The highest BCUT2D eigenvalue weighted by Crippen LogP contribution is 2.32. The zero-order chi connectivity index (χ0) is 13.2. The molecule has 94 valence electrons. The first-order chi connectivity index (χ1) is 7.77. The van der Waals surface area contributed by atoms with Gasteiger partial charge in [0.25, 0.3) is 0 Å². The number of aliphatic carboxylic acids is 1. The molecule has 0 saturated heterocycles. The van der Waals surface area contributed by atoms with Crippen molar-refractivity contribution in [1.29, 1.82) is 0 Å². The summed E-state index contributed by atoms with van der Waals surface area (Å²) in [5, 5.41) is 8.88. The van der Waals surface area contributed by atoms with Gasteiger partial charge in [0.05, 0.1) is 12.0 Å². The third-order valence-corrected chi connectivity index (χ3v) is 2.99. The first kappa shape index (κ1) is 13.6. The minimum absolute atomic E-state index is 0.173. The van der Waals surface area contributed by atoms with Crippen LogP contribution in [0.2, 0.25) is 0 Å². The standard InChI is InChI=1S/C12H15F2NO2/c1-12(15(2)3,7-11(16)17)9-5-4-8(13)6-10(9)14/h4-6H,7H2,1-3H3,(H,16,17). The Kier molecular flexibility index (Phi) is 3.83. The molecule has 0 radical (unpaired) electrons. The fourth-order valence-corrected chi connectivity index (χ4v) is 1.71. The predicted molar refractivity (Wildman–Crippen MR) is 59.6 cm³/mol. The van der Waals surface area contributed by atoms with Crippen LogP contribution in [0.4, 0.5) is 8.78 Å². The summed E-state index contributed by atoms with van der Waals surface area (Å²) < 4.78 is 26.5. The predicted octanol–water partition coefficient (Wildman–Crippen LogP) is 2.22. The summed E-state index contributed by atoms with van der Waals surface area (Å²) in [6, 6.07) is 3.18. The highest BCUT2D eigenvalue weighted by atomic mass is 19.1. The molecule has 1 unspecified atom stereocenters. The molecule has 0 aliphatic rings. The van der Waals surface area contributed by atoms with Crippen LogP contribution in [-0.4, -0.2) is 30.1 Å². The van der Waals surface area contributed by atoms with Crippen LogP contribution in [0, 0.1) is 11.6 Å². The number of carbonyl (C=O) groups is 1. The maximum atomic E-state index is 13.7. The van der Waals surface area contributed by atoms with Crippen molar-refractivity contribution in [1.82, 2.24) is 4.90 Å². The molecule has 1 atom stereocenters. The van der Waals surface area contributed by atoms with Gasteiger partial charge in [-0.15, -0.1) is 0 Å².